The van der Waals surface area contributed by atoms with Crippen LogP contribution in [0.15, 0.2) is 30.6 Å². The van der Waals surface area contributed by atoms with Crippen molar-refractivity contribution in [2.24, 2.45) is 0 Å². The predicted octanol–water partition coefficient (Wildman–Crippen LogP) is 2.59. The molecular formula is C15H16ClN3O2. The zero-order valence-corrected chi connectivity index (χ0v) is 12.4. The fraction of sp³-hybridized carbons (Fsp3) is 0.333. The van der Waals surface area contributed by atoms with E-state index in [-0.39, 0.29) is 12.0 Å². The zero-order valence-electron chi connectivity index (χ0n) is 11.7. The first-order valence-corrected chi connectivity index (χ1v) is 7.19. The van der Waals surface area contributed by atoms with Crippen LogP contribution in [0, 0.1) is 6.92 Å². The second-order valence-corrected chi connectivity index (χ2v) is 5.47. The number of benzene rings is 1. The number of carbonyl (C=O) groups is 1. The first-order chi connectivity index (χ1) is 10.1. The Labute approximate surface area is 127 Å². The number of aromatic nitrogens is 2. The van der Waals surface area contributed by atoms with Crippen LogP contribution in [0.1, 0.15) is 27.8 Å². The maximum absolute atomic E-state index is 12.5. The molecule has 2 aromatic rings. The topological polar surface area (TPSA) is 58.2 Å². The molecular weight excluding hydrogens is 290 g/mol. The van der Waals surface area contributed by atoms with E-state index < -0.39 is 0 Å². The van der Waals surface area contributed by atoms with Crippen molar-refractivity contribution >= 4 is 17.5 Å². The number of imidazole rings is 1. The first kappa shape index (κ1) is 14.1. The van der Waals surface area contributed by atoms with Crippen molar-refractivity contribution in [1.29, 1.82) is 0 Å². The van der Waals surface area contributed by atoms with Crippen LogP contribution >= 0.6 is 11.6 Å². The Morgan fingerprint density at radius 2 is 2.19 bits per heavy atom. The lowest BCUT2D eigenvalue weighted by atomic mass is 10.1. The van der Waals surface area contributed by atoms with Crippen LogP contribution in [0.25, 0.3) is 0 Å². The van der Waals surface area contributed by atoms with Gasteiger partial charge in [0, 0.05) is 17.3 Å². The molecule has 5 nitrogen and oxygen atoms in total. The molecule has 0 spiro atoms. The van der Waals surface area contributed by atoms with Crippen LogP contribution in [0.2, 0.25) is 5.02 Å². The molecule has 0 aliphatic carbocycles. The van der Waals surface area contributed by atoms with Crippen molar-refractivity contribution in [3.05, 3.63) is 52.6 Å². The normalized spacial score (nSPS) is 18.8. The number of H-pyrrole nitrogens is 1. The molecule has 0 saturated carbocycles. The van der Waals surface area contributed by atoms with Gasteiger partial charge in [0.25, 0.3) is 5.91 Å². The number of morpholine rings is 1. The molecule has 1 aliphatic rings. The van der Waals surface area contributed by atoms with E-state index in [4.69, 9.17) is 16.3 Å². The van der Waals surface area contributed by atoms with E-state index in [0.717, 1.165) is 11.3 Å². The maximum atomic E-state index is 12.5. The van der Waals surface area contributed by atoms with Crippen LogP contribution in [0.3, 0.4) is 0 Å². The van der Waals surface area contributed by atoms with Gasteiger partial charge in [0.1, 0.15) is 11.8 Å². The summed E-state index contributed by atoms with van der Waals surface area (Å²) in [5.41, 5.74) is 2.29. The van der Waals surface area contributed by atoms with Crippen molar-refractivity contribution in [3.8, 4) is 0 Å². The van der Waals surface area contributed by atoms with Crippen LogP contribution in [-0.4, -0.2) is 40.5 Å². The molecule has 1 aliphatic heterocycles. The molecule has 1 amide bonds. The van der Waals surface area contributed by atoms with Gasteiger partial charge in [-0.3, -0.25) is 4.79 Å². The monoisotopic (exact) mass is 305 g/mol. The van der Waals surface area contributed by atoms with Crippen molar-refractivity contribution in [3.63, 3.8) is 0 Å². The molecule has 0 radical (unpaired) electrons. The molecule has 1 fully saturated rings. The summed E-state index contributed by atoms with van der Waals surface area (Å²) in [7, 11) is 0. The number of halogens is 1. The second-order valence-electron chi connectivity index (χ2n) is 5.04. The summed E-state index contributed by atoms with van der Waals surface area (Å²) in [6, 6.07) is 7.53. The minimum atomic E-state index is -0.126. The summed E-state index contributed by atoms with van der Waals surface area (Å²) in [6.07, 6.45) is 1.42. The Bertz CT molecular complexity index is 639. The number of ether oxygens (including phenoxy) is 1. The quantitative estimate of drug-likeness (QED) is 0.928. The minimum absolute atomic E-state index is 0.0592. The first-order valence-electron chi connectivity index (χ1n) is 6.81. The molecule has 1 atom stereocenters. The maximum Gasteiger partial charge on any atom is 0.274 e. The van der Waals surface area contributed by atoms with Gasteiger partial charge in [0.05, 0.1) is 19.5 Å². The van der Waals surface area contributed by atoms with Crippen molar-refractivity contribution in [2.45, 2.75) is 13.0 Å². The lowest BCUT2D eigenvalue weighted by Gasteiger charge is -2.33. The molecule has 2 heterocycles. The summed E-state index contributed by atoms with van der Waals surface area (Å²) in [6.45, 7) is 3.46. The SMILES string of the molecule is Cc1[nH]cnc1C(=O)N1CCO[C@@H](c2ccc(Cl)cc2)C1. The highest BCUT2D eigenvalue weighted by Gasteiger charge is 2.27. The highest BCUT2D eigenvalue weighted by Crippen LogP contribution is 2.24. The zero-order chi connectivity index (χ0) is 14.8. The molecule has 6 heteroatoms. The van der Waals surface area contributed by atoms with Gasteiger partial charge < -0.3 is 14.6 Å². The van der Waals surface area contributed by atoms with Crippen LogP contribution in [0.4, 0.5) is 0 Å². The number of aryl methyl sites for hydroxylation is 1. The summed E-state index contributed by atoms with van der Waals surface area (Å²) in [5, 5.41) is 0.689. The van der Waals surface area contributed by atoms with Gasteiger partial charge in [0.2, 0.25) is 0 Å². The number of nitrogens with one attached hydrogen (secondary N) is 1. The van der Waals surface area contributed by atoms with E-state index in [2.05, 4.69) is 9.97 Å². The van der Waals surface area contributed by atoms with E-state index in [9.17, 15) is 4.79 Å². The summed E-state index contributed by atoms with van der Waals surface area (Å²) in [4.78, 5) is 21.3. The Hall–Kier alpha value is -1.85. The summed E-state index contributed by atoms with van der Waals surface area (Å²) >= 11 is 5.90. The molecule has 0 bridgehead atoms. The Morgan fingerprint density at radius 1 is 1.43 bits per heavy atom. The van der Waals surface area contributed by atoms with E-state index in [1.54, 1.807) is 11.2 Å². The molecule has 21 heavy (non-hydrogen) atoms. The van der Waals surface area contributed by atoms with E-state index in [1.165, 1.54) is 0 Å². The lowest BCUT2D eigenvalue weighted by molar-refractivity contribution is -0.0230. The van der Waals surface area contributed by atoms with Crippen molar-refractivity contribution < 1.29 is 9.53 Å². The molecule has 1 aromatic carbocycles. The fourth-order valence-electron chi connectivity index (χ4n) is 2.44. The van der Waals surface area contributed by atoms with Gasteiger partial charge in [-0.15, -0.1) is 0 Å². The summed E-state index contributed by atoms with van der Waals surface area (Å²) in [5.74, 6) is -0.0592. The van der Waals surface area contributed by atoms with Gasteiger partial charge in [-0.2, -0.15) is 0 Å². The van der Waals surface area contributed by atoms with Gasteiger partial charge in [-0.25, -0.2) is 4.98 Å². The number of aromatic amines is 1. The lowest BCUT2D eigenvalue weighted by Crippen LogP contribution is -2.42. The minimum Gasteiger partial charge on any atom is -0.370 e. The molecule has 3 rings (SSSR count). The third-order valence-corrected chi connectivity index (χ3v) is 3.88. The Morgan fingerprint density at radius 3 is 2.86 bits per heavy atom. The molecule has 1 aromatic heterocycles. The van der Waals surface area contributed by atoms with Crippen LogP contribution in [0.5, 0.6) is 0 Å². The molecule has 1 saturated heterocycles. The van der Waals surface area contributed by atoms with Crippen LogP contribution < -0.4 is 0 Å². The fourth-order valence-corrected chi connectivity index (χ4v) is 2.56. The summed E-state index contributed by atoms with van der Waals surface area (Å²) < 4.78 is 5.77. The molecule has 1 N–H and O–H groups in total. The highest BCUT2D eigenvalue weighted by atomic mass is 35.5. The molecule has 110 valence electrons. The average Bonchev–Trinajstić information content (AvgIpc) is 2.93. The van der Waals surface area contributed by atoms with Gasteiger partial charge in [-0.05, 0) is 24.6 Å². The largest absolute Gasteiger partial charge is 0.370 e. The standard InChI is InChI=1S/C15H16ClN3O2/c1-10-14(18-9-17-10)15(20)19-6-7-21-13(8-19)11-2-4-12(16)5-3-11/h2-5,9,13H,6-8H2,1H3,(H,17,18)/t13-/m1/s1. The van der Waals surface area contributed by atoms with E-state index >= 15 is 0 Å². The number of rotatable bonds is 2. The average molecular weight is 306 g/mol. The van der Waals surface area contributed by atoms with Crippen molar-refractivity contribution in [2.75, 3.05) is 19.7 Å². The number of nitrogens with zero attached hydrogens (tertiary/aromatic N) is 2. The number of carbonyl (C=O) groups excluding carboxylic acids is 1. The van der Waals surface area contributed by atoms with Gasteiger partial charge >= 0.3 is 0 Å². The van der Waals surface area contributed by atoms with Gasteiger partial charge in [0.15, 0.2) is 0 Å². The van der Waals surface area contributed by atoms with E-state index in [1.807, 2.05) is 31.2 Å². The van der Waals surface area contributed by atoms with Gasteiger partial charge in [-0.1, -0.05) is 23.7 Å². The number of amides is 1. The van der Waals surface area contributed by atoms with E-state index in [0.29, 0.717) is 30.4 Å². The third kappa shape index (κ3) is 2.94. The van der Waals surface area contributed by atoms with Crippen molar-refractivity contribution in [1.82, 2.24) is 14.9 Å². The molecule has 0 unspecified atom stereocenters. The number of hydrogen-bond donors (Lipinski definition) is 1. The highest BCUT2D eigenvalue weighted by molar-refractivity contribution is 6.30. The number of hydrogen-bond acceptors (Lipinski definition) is 3. The Balaban J connectivity index is 1.75. The smallest absolute Gasteiger partial charge is 0.274 e. The third-order valence-electron chi connectivity index (χ3n) is 3.63. The second kappa shape index (κ2) is 5.87. The Kier molecular flexibility index (Phi) is 3.94. The van der Waals surface area contributed by atoms with Crippen LogP contribution in [-0.2, 0) is 4.74 Å². The predicted molar refractivity (Wildman–Crippen MR) is 79.4 cm³/mol.